The van der Waals surface area contributed by atoms with Gasteiger partial charge < -0.3 is 15.0 Å². The average molecular weight is 318 g/mol. The summed E-state index contributed by atoms with van der Waals surface area (Å²) in [5.41, 5.74) is 2.13. The Kier molecular flexibility index (Phi) is 6.44. The van der Waals surface area contributed by atoms with Crippen LogP contribution in [0.1, 0.15) is 37.7 Å². The van der Waals surface area contributed by atoms with E-state index in [1.54, 1.807) is 0 Å². The molecular formula is C18H26N2O3. The van der Waals surface area contributed by atoms with Crippen LogP contribution in [-0.2, 0) is 20.9 Å². The lowest BCUT2D eigenvalue weighted by Crippen LogP contribution is -2.28. The normalized spacial score (nSPS) is 14.5. The fourth-order valence-electron chi connectivity index (χ4n) is 2.82. The molecule has 1 aromatic rings. The number of hydrogen-bond donors (Lipinski definition) is 1. The van der Waals surface area contributed by atoms with Crippen molar-refractivity contribution in [1.82, 2.24) is 5.32 Å². The highest BCUT2D eigenvalue weighted by atomic mass is 16.5. The van der Waals surface area contributed by atoms with E-state index in [2.05, 4.69) is 5.32 Å². The molecule has 5 nitrogen and oxygen atoms in total. The summed E-state index contributed by atoms with van der Waals surface area (Å²) in [7, 11) is 3.97. The second kappa shape index (κ2) is 8.56. The molecule has 2 rings (SSSR count). The molecule has 1 fully saturated rings. The van der Waals surface area contributed by atoms with Gasteiger partial charge in [0.2, 0.25) is 0 Å². The van der Waals surface area contributed by atoms with Crippen LogP contribution >= 0.6 is 0 Å². The Morgan fingerprint density at radius 3 is 2.43 bits per heavy atom. The molecule has 0 spiro atoms. The van der Waals surface area contributed by atoms with Crippen LogP contribution in [0.3, 0.4) is 0 Å². The first-order valence-corrected chi connectivity index (χ1v) is 8.23. The standard InChI is InChI=1S/C18H26N2O3/c1-20(2)16-9-7-15(8-10-16)12-19-17(21)13-23-18(22)11-14-5-3-4-6-14/h7-10,14H,3-6,11-13H2,1-2H3,(H,19,21). The van der Waals surface area contributed by atoms with Crippen LogP contribution < -0.4 is 10.2 Å². The van der Waals surface area contributed by atoms with Crippen molar-refractivity contribution in [3.63, 3.8) is 0 Å². The van der Waals surface area contributed by atoms with Gasteiger partial charge in [-0.15, -0.1) is 0 Å². The molecule has 1 amide bonds. The van der Waals surface area contributed by atoms with E-state index in [9.17, 15) is 9.59 Å². The Labute approximate surface area is 138 Å². The van der Waals surface area contributed by atoms with Crippen LogP contribution in [0.5, 0.6) is 0 Å². The summed E-state index contributed by atoms with van der Waals surface area (Å²) >= 11 is 0. The molecule has 23 heavy (non-hydrogen) atoms. The molecule has 0 aromatic heterocycles. The van der Waals surface area contributed by atoms with Gasteiger partial charge in [0, 0.05) is 32.7 Å². The van der Waals surface area contributed by atoms with Crippen LogP contribution in [0.25, 0.3) is 0 Å². The number of hydrogen-bond acceptors (Lipinski definition) is 4. The molecule has 1 aliphatic rings. The molecule has 0 unspecified atom stereocenters. The maximum Gasteiger partial charge on any atom is 0.306 e. The largest absolute Gasteiger partial charge is 0.456 e. The van der Waals surface area contributed by atoms with Gasteiger partial charge in [0.1, 0.15) is 0 Å². The fraction of sp³-hybridized carbons (Fsp3) is 0.556. The minimum atomic E-state index is -0.263. The number of nitrogens with zero attached hydrogens (tertiary/aromatic N) is 1. The number of nitrogens with one attached hydrogen (secondary N) is 1. The number of amides is 1. The van der Waals surface area contributed by atoms with Gasteiger partial charge in [-0.25, -0.2) is 0 Å². The molecule has 0 saturated heterocycles. The van der Waals surface area contributed by atoms with Crippen molar-refractivity contribution in [2.75, 3.05) is 25.6 Å². The van der Waals surface area contributed by atoms with E-state index in [-0.39, 0.29) is 18.5 Å². The van der Waals surface area contributed by atoms with Crippen molar-refractivity contribution < 1.29 is 14.3 Å². The third kappa shape index (κ3) is 5.93. The van der Waals surface area contributed by atoms with Crippen molar-refractivity contribution >= 4 is 17.6 Å². The molecule has 0 atom stereocenters. The summed E-state index contributed by atoms with van der Waals surface area (Å²) < 4.78 is 5.05. The third-order valence-corrected chi connectivity index (χ3v) is 4.24. The molecule has 1 aliphatic carbocycles. The molecule has 5 heteroatoms. The van der Waals surface area contributed by atoms with Gasteiger partial charge in [0.05, 0.1) is 0 Å². The van der Waals surface area contributed by atoms with Crippen molar-refractivity contribution in [2.45, 2.75) is 38.6 Å². The monoisotopic (exact) mass is 318 g/mol. The second-order valence-electron chi connectivity index (χ2n) is 6.35. The van der Waals surface area contributed by atoms with Crippen LogP contribution in [0.4, 0.5) is 5.69 Å². The maximum atomic E-state index is 11.7. The number of rotatable bonds is 7. The van der Waals surface area contributed by atoms with Crippen molar-refractivity contribution in [2.24, 2.45) is 5.92 Å². The predicted octanol–water partition coefficient (Wildman–Crippen LogP) is 2.49. The van der Waals surface area contributed by atoms with Gasteiger partial charge in [-0.2, -0.15) is 0 Å². The number of carbonyl (C=O) groups excluding carboxylic acids is 2. The van der Waals surface area contributed by atoms with E-state index < -0.39 is 0 Å². The van der Waals surface area contributed by atoms with Gasteiger partial charge in [-0.1, -0.05) is 25.0 Å². The Balaban J connectivity index is 1.65. The number of ether oxygens (including phenoxy) is 1. The van der Waals surface area contributed by atoms with Crippen LogP contribution in [0, 0.1) is 5.92 Å². The lowest BCUT2D eigenvalue weighted by Gasteiger charge is -2.13. The van der Waals surface area contributed by atoms with E-state index in [0.717, 1.165) is 24.1 Å². The molecule has 126 valence electrons. The van der Waals surface area contributed by atoms with Crippen molar-refractivity contribution in [1.29, 1.82) is 0 Å². The molecule has 1 N–H and O–H groups in total. The smallest absolute Gasteiger partial charge is 0.306 e. The Hall–Kier alpha value is -2.04. The molecule has 0 aliphatic heterocycles. The van der Waals surface area contributed by atoms with Crippen LogP contribution in [0.15, 0.2) is 24.3 Å². The highest BCUT2D eigenvalue weighted by Crippen LogP contribution is 2.27. The Morgan fingerprint density at radius 2 is 1.83 bits per heavy atom. The zero-order valence-corrected chi connectivity index (χ0v) is 14.0. The van der Waals surface area contributed by atoms with Gasteiger partial charge in [0.15, 0.2) is 6.61 Å². The highest BCUT2D eigenvalue weighted by Gasteiger charge is 2.19. The molecule has 1 saturated carbocycles. The number of carbonyl (C=O) groups is 2. The number of anilines is 1. The van der Waals surface area contributed by atoms with E-state index >= 15 is 0 Å². The molecule has 0 radical (unpaired) electrons. The first kappa shape index (κ1) is 17.3. The molecule has 1 aromatic carbocycles. The first-order valence-electron chi connectivity index (χ1n) is 8.23. The zero-order valence-electron chi connectivity index (χ0n) is 14.0. The van der Waals surface area contributed by atoms with E-state index in [1.165, 1.54) is 12.8 Å². The van der Waals surface area contributed by atoms with Crippen LogP contribution in [0.2, 0.25) is 0 Å². The Bertz CT molecular complexity index is 520. The molecule has 0 bridgehead atoms. The van der Waals surface area contributed by atoms with Gasteiger partial charge in [-0.3, -0.25) is 9.59 Å². The molecule has 0 heterocycles. The number of esters is 1. The highest BCUT2D eigenvalue weighted by molar-refractivity contribution is 5.80. The van der Waals surface area contributed by atoms with Crippen molar-refractivity contribution in [3.05, 3.63) is 29.8 Å². The second-order valence-corrected chi connectivity index (χ2v) is 6.35. The third-order valence-electron chi connectivity index (χ3n) is 4.24. The van der Waals surface area contributed by atoms with Gasteiger partial charge >= 0.3 is 5.97 Å². The summed E-state index contributed by atoms with van der Waals surface area (Å²) in [5.74, 6) is -0.0791. The summed E-state index contributed by atoms with van der Waals surface area (Å²) in [4.78, 5) is 25.4. The number of benzene rings is 1. The fourth-order valence-corrected chi connectivity index (χ4v) is 2.82. The summed E-state index contributed by atoms with van der Waals surface area (Å²) in [5, 5.41) is 2.77. The lowest BCUT2D eigenvalue weighted by atomic mass is 10.1. The average Bonchev–Trinajstić information content (AvgIpc) is 3.04. The zero-order chi connectivity index (χ0) is 16.7. The first-order chi connectivity index (χ1) is 11.0. The summed E-state index contributed by atoms with van der Waals surface area (Å²) in [6, 6.07) is 7.95. The molecular weight excluding hydrogens is 292 g/mol. The maximum absolute atomic E-state index is 11.7. The van der Waals surface area contributed by atoms with E-state index in [4.69, 9.17) is 4.74 Å². The predicted molar refractivity (Wildman–Crippen MR) is 90.1 cm³/mol. The van der Waals surface area contributed by atoms with Gasteiger partial charge in [-0.05, 0) is 36.5 Å². The van der Waals surface area contributed by atoms with Gasteiger partial charge in [0.25, 0.3) is 5.91 Å². The quantitative estimate of drug-likeness (QED) is 0.785. The summed E-state index contributed by atoms with van der Waals surface area (Å²) in [6.07, 6.45) is 5.05. The lowest BCUT2D eigenvalue weighted by molar-refractivity contribution is -0.149. The minimum Gasteiger partial charge on any atom is -0.456 e. The SMILES string of the molecule is CN(C)c1ccc(CNC(=O)COC(=O)CC2CCCC2)cc1. The Morgan fingerprint density at radius 1 is 1.17 bits per heavy atom. The van der Waals surface area contributed by atoms with Crippen molar-refractivity contribution in [3.8, 4) is 0 Å². The summed E-state index contributed by atoms with van der Waals surface area (Å²) in [6.45, 7) is 0.244. The van der Waals surface area contributed by atoms with Crippen LogP contribution in [-0.4, -0.2) is 32.6 Å². The van der Waals surface area contributed by atoms with E-state index in [1.807, 2.05) is 43.3 Å². The minimum absolute atomic E-state index is 0.193. The topological polar surface area (TPSA) is 58.6 Å². The van der Waals surface area contributed by atoms with E-state index in [0.29, 0.717) is 18.9 Å².